The molecule has 0 bridgehead atoms. The lowest BCUT2D eigenvalue weighted by Crippen LogP contribution is -2.68. The fraction of sp³-hybridized carbons (Fsp3) is 0.488. The highest BCUT2D eigenvalue weighted by Gasteiger charge is 2.26. The number of hydrogen-bond donors (Lipinski definition) is 0. The smallest absolute Gasteiger partial charge is 0.00581 e. The normalized spacial score (nSPS) is 28.9. The van der Waals surface area contributed by atoms with Gasteiger partial charge >= 0.3 is 0 Å². The van der Waals surface area contributed by atoms with Crippen LogP contribution in [0.4, 0.5) is 0 Å². The molecule has 0 heteroatoms. The fourth-order valence-electron chi connectivity index (χ4n) is 9.32. The minimum atomic E-state index is 1.06. The van der Waals surface area contributed by atoms with Gasteiger partial charge in [-0.25, -0.2) is 0 Å². The molecular formula is C43H50. The van der Waals surface area contributed by atoms with E-state index in [0.29, 0.717) is 0 Å². The van der Waals surface area contributed by atoms with Crippen LogP contribution >= 0.6 is 0 Å². The number of allylic oxidation sites excluding steroid dienone is 10. The van der Waals surface area contributed by atoms with Gasteiger partial charge in [-0.1, -0.05) is 71.7 Å². The summed E-state index contributed by atoms with van der Waals surface area (Å²) < 4.78 is 0. The van der Waals surface area contributed by atoms with Gasteiger partial charge in [0.05, 0.1) is 0 Å². The molecular weight excluding hydrogens is 516 g/mol. The van der Waals surface area contributed by atoms with Crippen molar-refractivity contribution in [2.45, 2.75) is 135 Å². The third-order valence-corrected chi connectivity index (χ3v) is 11.4. The summed E-state index contributed by atoms with van der Waals surface area (Å²) in [6.45, 7) is 0. The summed E-state index contributed by atoms with van der Waals surface area (Å²) >= 11 is 0. The van der Waals surface area contributed by atoms with Gasteiger partial charge in [-0.05, 0) is 188 Å². The van der Waals surface area contributed by atoms with Crippen LogP contribution in [0.15, 0.2) is 59.8 Å². The molecule has 7 aliphatic rings. The van der Waals surface area contributed by atoms with E-state index in [0.717, 1.165) is 6.42 Å². The second-order valence-corrected chi connectivity index (χ2v) is 14.3. The molecule has 222 valence electrons. The predicted molar refractivity (Wildman–Crippen MR) is 185 cm³/mol. The quantitative estimate of drug-likeness (QED) is 0.307. The van der Waals surface area contributed by atoms with Crippen molar-refractivity contribution in [3.63, 3.8) is 0 Å². The minimum Gasteiger partial charge on any atom is -0.0842 e. The lowest BCUT2D eigenvalue weighted by Gasteiger charge is -2.23. The highest BCUT2D eigenvalue weighted by atomic mass is 14.3. The van der Waals surface area contributed by atoms with E-state index in [2.05, 4.69) is 48.6 Å². The Morgan fingerprint density at radius 3 is 1.58 bits per heavy atom. The van der Waals surface area contributed by atoms with E-state index in [1.165, 1.54) is 128 Å². The van der Waals surface area contributed by atoms with Crippen molar-refractivity contribution in [2.24, 2.45) is 0 Å². The summed E-state index contributed by atoms with van der Waals surface area (Å²) in [5, 5.41) is 10.2. The average Bonchev–Trinajstić information content (AvgIpc) is 3.51. The summed E-state index contributed by atoms with van der Waals surface area (Å²) in [4.78, 5) is 0. The maximum Gasteiger partial charge on any atom is -0.00581 e. The molecule has 8 rings (SSSR count). The maximum absolute atomic E-state index is 2.56. The van der Waals surface area contributed by atoms with Crippen LogP contribution in [0.3, 0.4) is 0 Å². The molecule has 4 fully saturated rings. The Labute approximate surface area is 258 Å². The summed E-state index contributed by atoms with van der Waals surface area (Å²) in [5.41, 5.74) is 13.8. The van der Waals surface area contributed by atoms with Gasteiger partial charge in [-0.2, -0.15) is 0 Å². The molecule has 1 aromatic carbocycles. The Morgan fingerprint density at radius 2 is 0.930 bits per heavy atom. The predicted octanol–water partition coefficient (Wildman–Crippen LogP) is 7.40. The number of rotatable bonds is 0. The molecule has 7 aliphatic carbocycles. The standard InChI is InChI=1S/C43H50/c1-4-16-31(17-5-1)38-39(32-18-6-2-7-19-32)41(34-20-8-3-9-21-34)43(37-27-15-14-26-36(37)30-28-29-30)42(35-24-12-13-25-35)40(38)33-22-10-11-23-33/h3,6,8-10,18,20,22H,1-2,4-5,7,11-17,19,21,23-29H2. The maximum atomic E-state index is 2.56. The van der Waals surface area contributed by atoms with Gasteiger partial charge in [-0.15, -0.1) is 0 Å². The van der Waals surface area contributed by atoms with Crippen molar-refractivity contribution in [3.05, 3.63) is 91.1 Å². The van der Waals surface area contributed by atoms with E-state index in [1.54, 1.807) is 75.9 Å². The van der Waals surface area contributed by atoms with Crippen LogP contribution < -0.4 is 31.3 Å². The molecule has 0 amide bonds. The average molecular weight is 567 g/mol. The zero-order chi connectivity index (χ0) is 28.6. The molecule has 0 aliphatic heterocycles. The Morgan fingerprint density at radius 1 is 0.326 bits per heavy atom. The van der Waals surface area contributed by atoms with Crippen molar-refractivity contribution in [1.29, 1.82) is 0 Å². The van der Waals surface area contributed by atoms with Gasteiger partial charge in [0.1, 0.15) is 0 Å². The molecule has 0 N–H and O–H groups in total. The van der Waals surface area contributed by atoms with Crippen LogP contribution in [-0.2, 0) is 0 Å². The van der Waals surface area contributed by atoms with Crippen LogP contribution in [-0.4, -0.2) is 0 Å². The summed E-state index contributed by atoms with van der Waals surface area (Å²) in [6.07, 6.45) is 46.9. The van der Waals surface area contributed by atoms with Crippen molar-refractivity contribution >= 4 is 33.4 Å². The lowest BCUT2D eigenvalue weighted by molar-refractivity contribution is 0.642. The monoisotopic (exact) mass is 566 g/mol. The molecule has 0 aromatic heterocycles. The number of hydrogen-bond acceptors (Lipinski definition) is 0. The molecule has 0 heterocycles. The molecule has 4 saturated carbocycles. The second-order valence-electron chi connectivity index (χ2n) is 14.3. The first kappa shape index (κ1) is 27.7. The third kappa shape index (κ3) is 5.28. The third-order valence-electron chi connectivity index (χ3n) is 11.4. The van der Waals surface area contributed by atoms with Gasteiger partial charge in [0.25, 0.3) is 0 Å². The van der Waals surface area contributed by atoms with Gasteiger partial charge in [0.15, 0.2) is 0 Å². The molecule has 0 nitrogen and oxygen atoms in total. The first-order valence-electron chi connectivity index (χ1n) is 18.1. The topological polar surface area (TPSA) is 0 Å². The van der Waals surface area contributed by atoms with Gasteiger partial charge in [-0.3, -0.25) is 0 Å². The first-order valence-corrected chi connectivity index (χ1v) is 18.1. The summed E-state index contributed by atoms with van der Waals surface area (Å²) in [6, 6.07) is 0. The molecule has 0 atom stereocenters. The van der Waals surface area contributed by atoms with Gasteiger partial charge in [0, 0.05) is 0 Å². The summed E-state index contributed by atoms with van der Waals surface area (Å²) in [7, 11) is 0. The Hall–Kier alpha value is -2.86. The molecule has 0 saturated heterocycles. The zero-order valence-electron chi connectivity index (χ0n) is 26.5. The molecule has 0 spiro atoms. The van der Waals surface area contributed by atoms with Crippen LogP contribution in [0, 0.1) is 0 Å². The van der Waals surface area contributed by atoms with E-state index in [1.807, 2.05) is 0 Å². The Balaban J connectivity index is 1.78. The first-order chi connectivity index (χ1) is 21.4. The van der Waals surface area contributed by atoms with Crippen LogP contribution in [0.5, 0.6) is 0 Å². The van der Waals surface area contributed by atoms with Crippen LogP contribution in [0.1, 0.15) is 135 Å². The van der Waals surface area contributed by atoms with Crippen LogP contribution in [0.25, 0.3) is 33.4 Å². The van der Waals surface area contributed by atoms with Gasteiger partial charge < -0.3 is 0 Å². The highest BCUT2D eigenvalue weighted by Crippen LogP contribution is 2.41. The Kier molecular flexibility index (Phi) is 7.89. The van der Waals surface area contributed by atoms with Crippen molar-refractivity contribution < 1.29 is 0 Å². The fourth-order valence-corrected chi connectivity index (χ4v) is 9.32. The van der Waals surface area contributed by atoms with Crippen molar-refractivity contribution in [3.8, 4) is 0 Å². The van der Waals surface area contributed by atoms with Crippen molar-refractivity contribution in [1.82, 2.24) is 0 Å². The lowest BCUT2D eigenvalue weighted by atomic mass is 9.81. The molecule has 0 unspecified atom stereocenters. The van der Waals surface area contributed by atoms with E-state index in [9.17, 15) is 0 Å². The van der Waals surface area contributed by atoms with Crippen molar-refractivity contribution in [2.75, 3.05) is 0 Å². The molecule has 43 heavy (non-hydrogen) atoms. The second kappa shape index (κ2) is 12.3. The van der Waals surface area contributed by atoms with Gasteiger partial charge in [0.2, 0.25) is 0 Å². The van der Waals surface area contributed by atoms with Crippen LogP contribution in [0.2, 0.25) is 0 Å². The SMILES string of the molecule is C1=CCC(=c2c(=C3C=CCCC3)c(=C3CCCCC3)c(=C3C=CCC3)c(=C3CCCC3)c2=C2CCCCC2=C2CC2)C=C1. The minimum absolute atomic E-state index is 1.06. The number of benzene rings is 1. The van der Waals surface area contributed by atoms with E-state index >= 15 is 0 Å². The summed E-state index contributed by atoms with van der Waals surface area (Å²) in [5.74, 6) is 0. The van der Waals surface area contributed by atoms with E-state index in [4.69, 9.17) is 0 Å². The van der Waals surface area contributed by atoms with E-state index in [-0.39, 0.29) is 0 Å². The largest absolute Gasteiger partial charge is 0.0842 e. The molecule has 0 radical (unpaired) electrons. The Bertz CT molecular complexity index is 1850. The van der Waals surface area contributed by atoms with E-state index < -0.39 is 0 Å². The highest BCUT2D eigenvalue weighted by molar-refractivity contribution is 5.75. The molecule has 1 aromatic rings. The zero-order valence-corrected chi connectivity index (χ0v) is 26.5.